The lowest BCUT2D eigenvalue weighted by atomic mass is 10.1. The van der Waals surface area contributed by atoms with Gasteiger partial charge in [0.15, 0.2) is 0 Å². The number of aliphatic hydroxyl groups excluding tert-OH is 1. The van der Waals surface area contributed by atoms with E-state index < -0.39 is 11.9 Å². The molecule has 0 unspecified atom stereocenters. The van der Waals surface area contributed by atoms with Gasteiger partial charge in [-0.25, -0.2) is 4.79 Å². The lowest BCUT2D eigenvalue weighted by Gasteiger charge is -2.34. The minimum atomic E-state index is -0.701. The van der Waals surface area contributed by atoms with Gasteiger partial charge in [0, 0.05) is 39.3 Å². The Morgan fingerprint density at radius 2 is 1.72 bits per heavy atom. The quantitative estimate of drug-likeness (QED) is 0.282. The third-order valence-corrected chi connectivity index (χ3v) is 7.00. The van der Waals surface area contributed by atoms with Crippen molar-refractivity contribution in [3.8, 4) is 5.88 Å². The molecule has 36 heavy (non-hydrogen) atoms. The van der Waals surface area contributed by atoms with E-state index in [1.807, 2.05) is 24.3 Å². The molecule has 0 spiro atoms. The number of nitrogens with zero attached hydrogens (tertiary/aromatic N) is 3. The smallest absolute Gasteiger partial charge is 0.319 e. The Morgan fingerprint density at radius 1 is 1.06 bits per heavy atom. The van der Waals surface area contributed by atoms with Crippen molar-refractivity contribution >= 4 is 28.5 Å². The maximum absolute atomic E-state index is 12.3. The first-order valence-electron chi connectivity index (χ1n) is 12.6. The number of aliphatic hydroxyl groups is 1. The molecule has 11 heteroatoms. The minimum absolute atomic E-state index is 0.0828. The average molecular weight is 519 g/mol. The van der Waals surface area contributed by atoms with Gasteiger partial charge >= 0.3 is 6.03 Å². The van der Waals surface area contributed by atoms with E-state index in [1.165, 1.54) is 5.56 Å². The number of carbonyl (C=O) groups excluding carboxylic acids is 2. The second kappa shape index (κ2) is 14.7. The van der Waals surface area contributed by atoms with E-state index >= 15 is 0 Å². The number of aromatic nitrogens is 1. The molecule has 3 amide bonds. The number of nitrogens with one attached hydrogen (secondary N) is 2. The molecule has 0 aliphatic carbocycles. The third kappa shape index (κ3) is 8.74. The van der Waals surface area contributed by atoms with Gasteiger partial charge in [-0.1, -0.05) is 37.6 Å². The molecule has 1 aliphatic rings. The second-order valence-electron chi connectivity index (χ2n) is 8.86. The van der Waals surface area contributed by atoms with Crippen molar-refractivity contribution < 1.29 is 19.4 Å². The zero-order valence-electron chi connectivity index (χ0n) is 21.0. The summed E-state index contributed by atoms with van der Waals surface area (Å²) in [6.07, 6.45) is 3.92. The van der Waals surface area contributed by atoms with Gasteiger partial charge in [-0.2, -0.15) is 4.37 Å². The number of hydrogen-bond donors (Lipinski definition) is 4. The molecule has 1 aromatic heterocycles. The number of β-amino-alcohol motifs (C(OH)–C–C–N with tert-alkyl or cyclic N) is 1. The van der Waals surface area contributed by atoms with Gasteiger partial charge in [0.25, 0.3) is 5.91 Å². The Labute approximate surface area is 217 Å². The molecule has 198 valence electrons. The first kappa shape index (κ1) is 27.9. The number of piperazine rings is 1. The standard InChI is InChI=1S/C25H38N6O4S/c1-2-19-6-8-20(9-7-19)18-35-23-21(22(26)33)24(36-29-23)28-25(34)27-10-4-3-5-11-30-12-14-31(15-13-30)16-17-32/h6-9,32H,2-5,10-18H2,1H3,(H2,26,33)(H2,27,28,34). The summed E-state index contributed by atoms with van der Waals surface area (Å²) in [5.74, 6) is -0.577. The number of rotatable bonds is 14. The first-order chi connectivity index (χ1) is 17.5. The van der Waals surface area contributed by atoms with Crippen molar-refractivity contribution in [2.75, 3.05) is 57.7 Å². The number of unbranched alkanes of at least 4 members (excludes halogenated alkanes) is 2. The predicted octanol–water partition coefficient (Wildman–Crippen LogP) is 2.29. The number of ether oxygens (including phenoxy) is 1. The van der Waals surface area contributed by atoms with Crippen LogP contribution >= 0.6 is 11.5 Å². The second-order valence-corrected chi connectivity index (χ2v) is 9.64. The van der Waals surface area contributed by atoms with Crippen LogP contribution in [0.1, 0.15) is 47.7 Å². The number of primary amides is 1. The highest BCUT2D eigenvalue weighted by Crippen LogP contribution is 2.30. The normalized spacial score (nSPS) is 14.5. The fourth-order valence-corrected chi connectivity index (χ4v) is 4.80. The fourth-order valence-electron chi connectivity index (χ4n) is 4.06. The maximum atomic E-state index is 12.3. The summed E-state index contributed by atoms with van der Waals surface area (Å²) in [4.78, 5) is 29.1. The number of hydrogen-bond acceptors (Lipinski definition) is 8. The van der Waals surface area contributed by atoms with E-state index in [0.717, 1.165) is 82.0 Å². The zero-order chi connectivity index (χ0) is 25.8. The Bertz CT molecular complexity index is 960. The van der Waals surface area contributed by atoms with Gasteiger partial charge in [-0.05, 0) is 48.5 Å². The maximum Gasteiger partial charge on any atom is 0.319 e. The van der Waals surface area contributed by atoms with Gasteiger partial charge < -0.3 is 25.8 Å². The van der Waals surface area contributed by atoms with Crippen LogP contribution in [-0.2, 0) is 13.0 Å². The van der Waals surface area contributed by atoms with Crippen LogP contribution in [-0.4, -0.2) is 83.6 Å². The Morgan fingerprint density at radius 3 is 2.36 bits per heavy atom. The van der Waals surface area contributed by atoms with Gasteiger partial charge in [0.1, 0.15) is 17.2 Å². The van der Waals surface area contributed by atoms with E-state index in [9.17, 15) is 9.59 Å². The van der Waals surface area contributed by atoms with Gasteiger partial charge in [0.2, 0.25) is 5.88 Å². The van der Waals surface area contributed by atoms with E-state index in [0.29, 0.717) is 6.54 Å². The molecule has 1 aromatic carbocycles. The number of nitrogens with two attached hydrogens (primary N) is 1. The molecule has 10 nitrogen and oxygen atoms in total. The van der Waals surface area contributed by atoms with Crippen LogP contribution < -0.4 is 21.1 Å². The molecule has 0 atom stereocenters. The van der Waals surface area contributed by atoms with Gasteiger partial charge in [-0.15, -0.1) is 0 Å². The largest absolute Gasteiger partial charge is 0.472 e. The molecule has 0 radical (unpaired) electrons. The van der Waals surface area contributed by atoms with Crippen LogP contribution in [0.15, 0.2) is 24.3 Å². The van der Waals surface area contributed by atoms with Gasteiger partial charge in [-0.3, -0.25) is 15.0 Å². The van der Waals surface area contributed by atoms with Crippen LogP contribution in [0.4, 0.5) is 9.80 Å². The molecule has 2 aromatic rings. The van der Waals surface area contributed by atoms with Crippen LogP contribution in [0.5, 0.6) is 5.88 Å². The van der Waals surface area contributed by atoms with Crippen molar-refractivity contribution in [2.24, 2.45) is 5.73 Å². The molecule has 1 aliphatic heterocycles. The van der Waals surface area contributed by atoms with Crippen molar-refractivity contribution in [3.63, 3.8) is 0 Å². The molecule has 0 bridgehead atoms. The summed E-state index contributed by atoms with van der Waals surface area (Å²) in [5, 5.41) is 14.8. The molecule has 1 saturated heterocycles. The molecule has 3 rings (SSSR count). The zero-order valence-corrected chi connectivity index (χ0v) is 21.8. The monoisotopic (exact) mass is 518 g/mol. The lowest BCUT2D eigenvalue weighted by molar-refractivity contribution is 0.0996. The number of urea groups is 1. The van der Waals surface area contributed by atoms with Crippen LogP contribution in [0.3, 0.4) is 0 Å². The average Bonchev–Trinajstić information content (AvgIpc) is 3.28. The first-order valence-corrected chi connectivity index (χ1v) is 13.4. The van der Waals surface area contributed by atoms with Gasteiger partial charge in [0.05, 0.1) is 6.61 Å². The fraction of sp³-hybridized carbons (Fsp3) is 0.560. The summed E-state index contributed by atoms with van der Waals surface area (Å²) in [6.45, 7) is 8.99. The van der Waals surface area contributed by atoms with E-state index in [4.69, 9.17) is 15.6 Å². The number of aryl methyl sites for hydroxylation is 1. The predicted molar refractivity (Wildman–Crippen MR) is 142 cm³/mol. The molecule has 0 saturated carbocycles. The number of amides is 3. The van der Waals surface area contributed by atoms with E-state index in [1.54, 1.807) is 0 Å². The lowest BCUT2D eigenvalue weighted by Crippen LogP contribution is -2.47. The minimum Gasteiger partial charge on any atom is -0.472 e. The van der Waals surface area contributed by atoms with Crippen molar-refractivity contribution in [3.05, 3.63) is 41.0 Å². The van der Waals surface area contributed by atoms with Crippen LogP contribution in [0.2, 0.25) is 0 Å². The third-order valence-electron chi connectivity index (χ3n) is 6.26. The summed E-state index contributed by atoms with van der Waals surface area (Å²) in [5.41, 5.74) is 7.81. The SMILES string of the molecule is CCc1ccc(COc2nsc(NC(=O)NCCCCCN3CCN(CCO)CC3)c2C(N)=O)cc1. The van der Waals surface area contributed by atoms with Crippen LogP contribution in [0.25, 0.3) is 0 Å². The highest BCUT2D eigenvalue weighted by atomic mass is 32.1. The molecule has 1 fully saturated rings. The number of anilines is 1. The topological polar surface area (TPSA) is 133 Å². The highest BCUT2D eigenvalue weighted by molar-refractivity contribution is 7.11. The number of benzene rings is 1. The van der Waals surface area contributed by atoms with Crippen molar-refractivity contribution in [1.82, 2.24) is 19.5 Å². The molecule has 2 heterocycles. The van der Waals surface area contributed by atoms with Crippen LogP contribution in [0, 0.1) is 0 Å². The summed E-state index contributed by atoms with van der Waals surface area (Å²) < 4.78 is 9.90. The summed E-state index contributed by atoms with van der Waals surface area (Å²) in [6, 6.07) is 7.62. The highest BCUT2D eigenvalue weighted by Gasteiger charge is 2.22. The number of carbonyl (C=O) groups is 2. The Kier molecular flexibility index (Phi) is 11.4. The summed E-state index contributed by atoms with van der Waals surface area (Å²) in [7, 11) is 0. The molecular formula is C25H38N6O4S. The van der Waals surface area contributed by atoms with E-state index in [2.05, 4.69) is 31.7 Å². The van der Waals surface area contributed by atoms with Crippen molar-refractivity contribution in [2.45, 2.75) is 39.2 Å². The Hall–Kier alpha value is -2.73. The molecule has 5 N–H and O–H groups in total. The van der Waals surface area contributed by atoms with E-state index in [-0.39, 0.29) is 29.7 Å². The van der Waals surface area contributed by atoms with Crippen molar-refractivity contribution in [1.29, 1.82) is 0 Å². The summed E-state index contributed by atoms with van der Waals surface area (Å²) >= 11 is 0.970. The Balaban J connectivity index is 1.35. The molecular weight excluding hydrogens is 480 g/mol.